The van der Waals surface area contributed by atoms with Gasteiger partial charge in [0.1, 0.15) is 11.3 Å². The van der Waals surface area contributed by atoms with Crippen molar-refractivity contribution in [1.29, 1.82) is 0 Å². The lowest BCUT2D eigenvalue weighted by Gasteiger charge is -2.21. The second kappa shape index (κ2) is 14.0. The predicted octanol–water partition coefficient (Wildman–Crippen LogP) is 4.27. The van der Waals surface area contributed by atoms with Crippen LogP contribution in [0.4, 0.5) is 40.8 Å². The number of aliphatic hydroxyl groups is 3. The summed E-state index contributed by atoms with van der Waals surface area (Å²) in [4.78, 5) is 25.7. The molecule has 0 aliphatic carbocycles. The minimum Gasteiger partial charge on any atom is -0.471 e. The van der Waals surface area contributed by atoms with Crippen molar-refractivity contribution in [3.05, 3.63) is 65.5 Å². The maximum absolute atomic E-state index is 15.2. The number of carbonyl (C=O) groups excluding carboxylic acids is 2. The van der Waals surface area contributed by atoms with Crippen molar-refractivity contribution in [2.24, 2.45) is 0 Å². The normalized spacial score (nSPS) is 11.5. The number of nitrogens with one attached hydrogen (secondary N) is 1. The number of aromatic nitrogens is 1. The van der Waals surface area contributed by atoms with Crippen molar-refractivity contribution in [3.8, 4) is 28.7 Å². The third-order valence-electron chi connectivity index (χ3n) is 4.48. The molecule has 20 heteroatoms. The van der Waals surface area contributed by atoms with E-state index in [0.29, 0.717) is 30.4 Å². The second-order valence-corrected chi connectivity index (χ2v) is 7.80. The number of nitrogens with zero attached hydrogens (tertiary/aromatic N) is 1. The van der Waals surface area contributed by atoms with Crippen LogP contribution >= 0.6 is 0 Å². The minimum atomic E-state index is -5.46. The van der Waals surface area contributed by atoms with Gasteiger partial charge in [0.2, 0.25) is 11.6 Å². The number of halogens is 8. The van der Waals surface area contributed by atoms with E-state index < -0.39 is 70.7 Å². The highest BCUT2D eigenvalue weighted by Crippen LogP contribution is 2.43. The highest BCUT2D eigenvalue weighted by molar-refractivity contribution is 6.06. The molecule has 0 spiro atoms. The summed E-state index contributed by atoms with van der Waals surface area (Å²) in [6, 6.07) is 4.12. The number of carbonyl (C=O) groups is 2. The van der Waals surface area contributed by atoms with Crippen molar-refractivity contribution in [1.82, 2.24) is 4.98 Å². The molecule has 0 saturated carbocycles. The second-order valence-electron chi connectivity index (χ2n) is 7.80. The molecule has 0 radical (unpaired) electrons. The van der Waals surface area contributed by atoms with Crippen LogP contribution in [0.25, 0.3) is 0 Å². The molecule has 0 fully saturated rings. The number of rotatable bonds is 9. The Kier molecular flexibility index (Phi) is 11.2. The summed E-state index contributed by atoms with van der Waals surface area (Å²) in [7, 11) is 1.31. The van der Waals surface area contributed by atoms with Gasteiger partial charge in [0, 0.05) is 17.6 Å². The number of anilines is 1. The fourth-order valence-electron chi connectivity index (χ4n) is 3.01. The van der Waals surface area contributed by atoms with Gasteiger partial charge in [0.25, 0.3) is 12.4 Å². The zero-order valence-electron chi connectivity index (χ0n) is 21.8. The third-order valence-corrected chi connectivity index (χ3v) is 4.48. The maximum atomic E-state index is 15.2. The lowest BCUT2D eigenvalue weighted by molar-refractivity contribution is -0.420. The van der Waals surface area contributed by atoms with Gasteiger partial charge in [-0.25, -0.2) is 4.39 Å². The first kappa shape index (κ1) is 35.2. The highest BCUT2D eigenvalue weighted by atomic mass is 19.4. The summed E-state index contributed by atoms with van der Waals surface area (Å²) in [6.07, 6.45) is -13.9. The molecule has 1 amide bonds. The van der Waals surface area contributed by atoms with Gasteiger partial charge in [-0.05, 0) is 43.3 Å². The first-order valence-corrected chi connectivity index (χ1v) is 11.2. The summed E-state index contributed by atoms with van der Waals surface area (Å²) >= 11 is 0. The van der Waals surface area contributed by atoms with Gasteiger partial charge in [0.05, 0.1) is 7.11 Å². The average Bonchev–Trinajstić information content (AvgIpc) is 2.87. The molecule has 0 aliphatic heterocycles. The van der Waals surface area contributed by atoms with E-state index in [0.717, 1.165) is 0 Å². The molecule has 0 atom stereocenters. The van der Waals surface area contributed by atoms with Crippen LogP contribution in [0.2, 0.25) is 0 Å². The van der Waals surface area contributed by atoms with E-state index in [1.165, 1.54) is 32.4 Å². The molecule has 4 N–H and O–H groups in total. The number of ether oxygens (including phenoxy) is 5. The lowest BCUT2D eigenvalue weighted by atomic mass is 10.1. The molecule has 3 aromatic rings. The Morgan fingerprint density at radius 2 is 1.34 bits per heavy atom. The first-order valence-electron chi connectivity index (χ1n) is 11.2. The van der Waals surface area contributed by atoms with Crippen molar-refractivity contribution < 1.29 is 83.7 Å². The van der Waals surface area contributed by atoms with Crippen LogP contribution in [-0.2, 0) is 9.53 Å². The Balaban J connectivity index is 0.00000159. The van der Waals surface area contributed by atoms with E-state index in [2.05, 4.69) is 29.2 Å². The van der Waals surface area contributed by atoms with Crippen molar-refractivity contribution in [2.45, 2.75) is 25.8 Å². The van der Waals surface area contributed by atoms with Crippen LogP contribution < -0.4 is 24.3 Å². The van der Waals surface area contributed by atoms with E-state index in [4.69, 9.17) is 24.9 Å². The Bertz CT molecular complexity index is 1480. The van der Waals surface area contributed by atoms with Crippen LogP contribution in [0, 0.1) is 18.6 Å². The summed E-state index contributed by atoms with van der Waals surface area (Å²) in [5, 5.41) is 29.4. The number of aryl methyl sites for hydroxylation is 1. The van der Waals surface area contributed by atoms with Gasteiger partial charge in [-0.3, -0.25) is 14.6 Å². The molecule has 44 heavy (non-hydrogen) atoms. The quantitative estimate of drug-likeness (QED) is 0.149. The smallest absolute Gasteiger partial charge is 0.471 e. The molecule has 0 aliphatic rings. The van der Waals surface area contributed by atoms with Crippen LogP contribution in [0.5, 0.6) is 28.7 Å². The van der Waals surface area contributed by atoms with Gasteiger partial charge in [0.15, 0.2) is 23.1 Å². The van der Waals surface area contributed by atoms with Crippen molar-refractivity contribution in [2.75, 3.05) is 12.4 Å². The van der Waals surface area contributed by atoms with Crippen molar-refractivity contribution >= 4 is 18.1 Å². The van der Waals surface area contributed by atoms with E-state index >= 15 is 4.39 Å². The Morgan fingerprint density at radius 3 is 1.82 bits per heavy atom. The molecule has 1 heterocycles. The standard InChI is InChI=1S/C22H14F8N2O8.C2H4O2/c1-9-8-10(6-7-31-9)32-19(33)15-11(2-3-12(16(15)23)38-20(25,26)27)37-14-5-4-13(39-21(28,29)30)17(24)18(14)40-22(34,35)36;1-4-2-3/h2-8,34-36H,1H3,(H,31,32,33);2H,1H3. The molecule has 0 unspecified atom stereocenters. The Hall–Kier alpha value is -4.95. The van der Waals surface area contributed by atoms with Crippen LogP contribution in [0.3, 0.4) is 0 Å². The van der Waals surface area contributed by atoms with Crippen LogP contribution in [0.15, 0.2) is 42.6 Å². The Labute approximate surface area is 239 Å². The third kappa shape index (κ3) is 10.7. The number of hydrogen-bond donors (Lipinski definition) is 4. The van der Waals surface area contributed by atoms with Crippen molar-refractivity contribution in [3.63, 3.8) is 0 Å². The van der Waals surface area contributed by atoms with Gasteiger partial charge in [-0.2, -0.15) is 4.39 Å². The van der Waals surface area contributed by atoms with E-state index in [1.807, 2.05) is 0 Å². The lowest BCUT2D eigenvalue weighted by Crippen LogP contribution is -2.35. The van der Waals surface area contributed by atoms with Gasteiger partial charge >= 0.3 is 18.9 Å². The summed E-state index contributed by atoms with van der Waals surface area (Å²) in [6.45, 7) is 1.88. The molecule has 12 nitrogen and oxygen atoms in total. The number of amides is 1. The summed E-state index contributed by atoms with van der Waals surface area (Å²) in [5.41, 5.74) is -0.941. The first-order chi connectivity index (χ1) is 20.2. The van der Waals surface area contributed by atoms with E-state index in [1.54, 1.807) is 0 Å². The largest absolute Gasteiger partial charge is 0.573 e. The number of methoxy groups -OCH3 is 1. The summed E-state index contributed by atoms with van der Waals surface area (Å²) < 4.78 is 126. The highest BCUT2D eigenvalue weighted by Gasteiger charge is 2.37. The number of pyridine rings is 1. The molecule has 0 bridgehead atoms. The number of alkyl halides is 6. The predicted molar refractivity (Wildman–Crippen MR) is 126 cm³/mol. The molecule has 0 saturated heterocycles. The van der Waals surface area contributed by atoms with Crippen LogP contribution in [-0.4, -0.2) is 58.7 Å². The van der Waals surface area contributed by atoms with Crippen LogP contribution in [0.1, 0.15) is 16.1 Å². The van der Waals surface area contributed by atoms with Gasteiger partial charge in [-0.15, -0.1) is 26.3 Å². The molecule has 240 valence electrons. The maximum Gasteiger partial charge on any atom is 0.573 e. The molecule has 2 aromatic carbocycles. The SMILES string of the molecule is COC=O.Cc1cc(NC(=O)c2c(Oc3ccc(OC(F)(F)F)c(F)c3OC(O)(O)O)ccc(OC(F)(F)F)c2F)ccn1. The monoisotopic (exact) mass is 646 g/mol. The molecule has 3 rings (SSSR count). The van der Waals surface area contributed by atoms with Gasteiger partial charge in [-0.1, -0.05) is 0 Å². The zero-order valence-corrected chi connectivity index (χ0v) is 21.8. The number of benzene rings is 2. The topological polar surface area (TPSA) is 166 Å². The average molecular weight is 646 g/mol. The fourth-order valence-corrected chi connectivity index (χ4v) is 3.01. The molecule has 1 aromatic heterocycles. The Morgan fingerprint density at radius 1 is 0.841 bits per heavy atom. The van der Waals surface area contributed by atoms with Gasteiger partial charge < -0.3 is 44.3 Å². The molecular weight excluding hydrogens is 628 g/mol. The number of hydrogen-bond acceptors (Lipinski definition) is 11. The fraction of sp³-hybridized carbons (Fsp3) is 0.208. The van der Waals surface area contributed by atoms with E-state index in [9.17, 15) is 35.5 Å². The summed E-state index contributed by atoms with van der Waals surface area (Å²) in [5.74, 6) is -12.5. The van der Waals surface area contributed by atoms with E-state index in [-0.39, 0.29) is 11.8 Å². The molecular formula is C24H18F8N2O10. The zero-order chi connectivity index (χ0) is 33.5. The minimum absolute atomic E-state index is 0.0145.